The number of hydrogen-bond acceptors (Lipinski definition) is 4. The molecule has 0 aliphatic carbocycles. The van der Waals surface area contributed by atoms with Crippen molar-refractivity contribution < 1.29 is 39.3 Å². The Hall–Kier alpha value is -2.80. The Morgan fingerprint density at radius 1 is 0.730 bits per heavy atom. The van der Waals surface area contributed by atoms with Crippen LogP contribution in [-0.2, 0) is 21.0 Å². The van der Waals surface area contributed by atoms with E-state index in [9.17, 15) is 39.3 Å². The molecular formula is C25H18F6O3S3. The van der Waals surface area contributed by atoms with Gasteiger partial charge < -0.3 is 4.55 Å². The molecule has 1 atom stereocenters. The molecule has 1 aromatic heterocycles. The number of rotatable bonds is 6. The molecule has 0 N–H and O–H groups in total. The first kappa shape index (κ1) is 28.8. The molecule has 0 spiro atoms. The van der Waals surface area contributed by atoms with Gasteiger partial charge in [-0.2, -0.15) is 22.0 Å². The topological polar surface area (TPSA) is 57.2 Å². The van der Waals surface area contributed by atoms with E-state index in [-0.39, 0.29) is 10.9 Å². The molecule has 196 valence electrons. The molecule has 0 aliphatic heterocycles. The fraction of sp³-hybridized carbons (Fsp3) is 0.120. The molecule has 4 rings (SSSR count). The van der Waals surface area contributed by atoms with Crippen molar-refractivity contribution in [3.05, 3.63) is 102 Å². The molecule has 12 heteroatoms. The Kier molecular flexibility index (Phi) is 9.11. The number of halogens is 6. The minimum Gasteiger partial charge on any atom is -0.743 e. The molecule has 0 saturated heterocycles. The maximum absolute atomic E-state index is 11.8. The van der Waals surface area contributed by atoms with Crippen LogP contribution in [0.4, 0.5) is 26.3 Å². The van der Waals surface area contributed by atoms with E-state index in [1.807, 2.05) is 11.3 Å². The molecule has 37 heavy (non-hydrogen) atoms. The van der Waals surface area contributed by atoms with E-state index in [4.69, 9.17) is 0 Å². The third-order valence-corrected chi connectivity index (χ3v) is 9.15. The van der Waals surface area contributed by atoms with E-state index in [0.717, 1.165) is 0 Å². The summed E-state index contributed by atoms with van der Waals surface area (Å²) in [5.74, 6) is 0. The quantitative estimate of drug-likeness (QED) is 0.135. The van der Waals surface area contributed by atoms with Crippen LogP contribution in [-0.4, -0.2) is 30.6 Å². The summed E-state index contributed by atoms with van der Waals surface area (Å²) in [7, 11) is -6.71. The van der Waals surface area contributed by atoms with Gasteiger partial charge in [0.2, 0.25) is 4.21 Å². The average molecular weight is 577 g/mol. The van der Waals surface area contributed by atoms with Crippen LogP contribution in [0.3, 0.4) is 0 Å². The van der Waals surface area contributed by atoms with Crippen LogP contribution >= 0.6 is 11.3 Å². The zero-order chi connectivity index (χ0) is 27.3. The summed E-state index contributed by atoms with van der Waals surface area (Å²) in [5, 5.41) is -3.72. The van der Waals surface area contributed by atoms with Crippen LogP contribution in [0.2, 0.25) is 0 Å². The zero-order valence-corrected chi connectivity index (χ0v) is 21.1. The Labute approximate surface area is 216 Å². The van der Waals surface area contributed by atoms with Crippen molar-refractivity contribution in [1.82, 2.24) is 0 Å². The molecule has 4 aromatic rings. The standard InChI is InChI=1S/C22H17S2.C3H2F6O3S/c1-4-10-18(11-5-1)19-16-22(23-17-19)24(20-12-6-2-7-13-20)21-14-8-3-9-15-21;4-1(2(5,6)7)3(8,9)13(10,11)12/h1-17H;1H,(H,10,11,12)/q+1;/p-1. The summed E-state index contributed by atoms with van der Waals surface area (Å²) >= 11 is 1.85. The minimum absolute atomic E-state index is 0.0491. The van der Waals surface area contributed by atoms with Gasteiger partial charge in [-0.1, -0.05) is 78.1 Å². The van der Waals surface area contributed by atoms with Gasteiger partial charge in [-0.15, -0.1) is 0 Å². The third kappa shape index (κ3) is 7.16. The van der Waals surface area contributed by atoms with Gasteiger partial charge in [0.1, 0.15) is 10.9 Å². The highest BCUT2D eigenvalue weighted by Crippen LogP contribution is 2.38. The SMILES string of the molecule is O=S(=O)([O-])C(F)(F)C(F)C(F)(F)F.c1ccc(-c2csc([S+](c3ccccc3)c3ccccc3)c2)cc1. The third-order valence-electron chi connectivity index (χ3n) is 4.76. The van der Waals surface area contributed by atoms with Gasteiger partial charge in [-0.25, -0.2) is 12.8 Å². The Bertz CT molecular complexity index is 1340. The molecule has 1 unspecified atom stereocenters. The molecule has 3 aromatic carbocycles. The van der Waals surface area contributed by atoms with E-state index >= 15 is 0 Å². The summed E-state index contributed by atoms with van der Waals surface area (Å²) in [4.78, 5) is 2.73. The highest BCUT2D eigenvalue weighted by molar-refractivity contribution is 7.98. The number of hydrogen-bond donors (Lipinski definition) is 0. The highest BCUT2D eigenvalue weighted by atomic mass is 32.2. The fourth-order valence-electron chi connectivity index (χ4n) is 3.00. The van der Waals surface area contributed by atoms with Crippen molar-refractivity contribution in [2.45, 2.75) is 31.6 Å². The molecule has 0 fully saturated rings. The van der Waals surface area contributed by atoms with Gasteiger partial charge in [0, 0.05) is 11.4 Å². The highest BCUT2D eigenvalue weighted by Gasteiger charge is 2.61. The fourth-order valence-corrected chi connectivity index (χ4v) is 6.98. The van der Waals surface area contributed by atoms with Crippen molar-refractivity contribution >= 4 is 32.3 Å². The van der Waals surface area contributed by atoms with Gasteiger partial charge in [-0.3, -0.25) is 0 Å². The summed E-state index contributed by atoms with van der Waals surface area (Å²) in [5.41, 5.74) is 2.59. The molecule has 0 radical (unpaired) electrons. The number of alkyl halides is 6. The lowest BCUT2D eigenvalue weighted by Gasteiger charge is -2.24. The van der Waals surface area contributed by atoms with Crippen LogP contribution in [0.1, 0.15) is 0 Å². The van der Waals surface area contributed by atoms with Gasteiger partial charge in [0.05, 0.1) is 0 Å². The molecule has 0 saturated carbocycles. The predicted molar refractivity (Wildman–Crippen MR) is 130 cm³/mol. The van der Waals surface area contributed by atoms with Gasteiger partial charge in [0.15, 0.2) is 19.9 Å². The maximum Gasteiger partial charge on any atom is 0.426 e. The smallest absolute Gasteiger partial charge is 0.426 e. The second-order valence-electron chi connectivity index (χ2n) is 7.37. The average Bonchev–Trinajstić information content (AvgIpc) is 3.34. The van der Waals surface area contributed by atoms with Crippen molar-refractivity contribution in [3.8, 4) is 11.1 Å². The normalized spacial score (nSPS) is 13.1. The molecule has 0 bridgehead atoms. The van der Waals surface area contributed by atoms with Crippen LogP contribution in [0.25, 0.3) is 11.1 Å². The monoisotopic (exact) mass is 576 g/mol. The largest absolute Gasteiger partial charge is 0.743 e. The first-order valence-electron chi connectivity index (χ1n) is 10.3. The van der Waals surface area contributed by atoms with Gasteiger partial charge in [0.25, 0.3) is 6.17 Å². The summed E-state index contributed by atoms with van der Waals surface area (Å²) in [6.45, 7) is 0. The van der Waals surface area contributed by atoms with Crippen LogP contribution in [0.5, 0.6) is 0 Å². The van der Waals surface area contributed by atoms with Crippen molar-refractivity contribution in [1.29, 1.82) is 0 Å². The molecule has 1 heterocycles. The molecular weight excluding hydrogens is 558 g/mol. The number of benzene rings is 3. The lowest BCUT2D eigenvalue weighted by atomic mass is 10.1. The summed E-state index contributed by atoms with van der Waals surface area (Å²) < 4.78 is 98.9. The zero-order valence-electron chi connectivity index (χ0n) is 18.6. The van der Waals surface area contributed by atoms with E-state index in [2.05, 4.69) is 102 Å². The first-order chi connectivity index (χ1) is 17.3. The second-order valence-corrected chi connectivity index (χ2v) is 12.0. The second kappa shape index (κ2) is 11.7. The van der Waals surface area contributed by atoms with Crippen LogP contribution < -0.4 is 0 Å². The molecule has 3 nitrogen and oxygen atoms in total. The molecule has 0 amide bonds. The lowest BCUT2D eigenvalue weighted by Crippen LogP contribution is -2.46. The van der Waals surface area contributed by atoms with E-state index in [0.29, 0.717) is 0 Å². The number of thiophene rings is 1. The van der Waals surface area contributed by atoms with Crippen molar-refractivity contribution in [2.75, 3.05) is 0 Å². The summed E-state index contributed by atoms with van der Waals surface area (Å²) in [6, 6.07) is 34.6. The molecule has 0 aliphatic rings. The predicted octanol–water partition coefficient (Wildman–Crippen LogP) is 7.54. The maximum atomic E-state index is 11.8. The van der Waals surface area contributed by atoms with Crippen LogP contribution in [0, 0.1) is 0 Å². The van der Waals surface area contributed by atoms with E-state index in [1.54, 1.807) is 0 Å². The lowest BCUT2D eigenvalue weighted by molar-refractivity contribution is -0.223. The minimum atomic E-state index is -6.66. The Morgan fingerprint density at radius 3 is 1.54 bits per heavy atom. The first-order valence-corrected chi connectivity index (χ1v) is 13.9. The van der Waals surface area contributed by atoms with Crippen LogP contribution in [0.15, 0.2) is 116 Å². The van der Waals surface area contributed by atoms with Crippen molar-refractivity contribution in [3.63, 3.8) is 0 Å². The van der Waals surface area contributed by atoms with Gasteiger partial charge in [-0.05, 0) is 35.4 Å². The Morgan fingerprint density at radius 2 is 1.16 bits per heavy atom. The van der Waals surface area contributed by atoms with E-state index < -0.39 is 27.7 Å². The summed E-state index contributed by atoms with van der Waals surface area (Å²) in [6.07, 6.45) is -11.1. The Balaban J connectivity index is 0.000000251. The van der Waals surface area contributed by atoms with E-state index in [1.165, 1.54) is 25.1 Å². The van der Waals surface area contributed by atoms with Crippen molar-refractivity contribution in [2.24, 2.45) is 0 Å². The van der Waals surface area contributed by atoms with Gasteiger partial charge >= 0.3 is 11.4 Å².